The Labute approximate surface area is 196 Å². The van der Waals surface area contributed by atoms with E-state index < -0.39 is 5.97 Å². The van der Waals surface area contributed by atoms with Crippen LogP contribution in [0.2, 0.25) is 0 Å². The van der Waals surface area contributed by atoms with Gasteiger partial charge < -0.3 is 20.4 Å². The van der Waals surface area contributed by atoms with Crippen molar-refractivity contribution < 1.29 is 19.8 Å². The Hall–Kier alpha value is -2.86. The topological polar surface area (TPSA) is 89.9 Å². The van der Waals surface area contributed by atoms with Gasteiger partial charge in [-0.25, -0.2) is 0 Å². The fourth-order valence-corrected chi connectivity index (χ4v) is 5.06. The summed E-state index contributed by atoms with van der Waals surface area (Å²) in [5, 5.41) is 19.6. The second kappa shape index (κ2) is 12.4. The molecule has 2 fully saturated rings. The van der Waals surface area contributed by atoms with Crippen LogP contribution < -0.4 is 10.2 Å². The van der Waals surface area contributed by atoms with E-state index in [1.165, 1.54) is 62.0 Å². The highest BCUT2D eigenvalue weighted by atomic mass is 16.4. The molecule has 2 aromatic carbocycles. The number of anilines is 1. The quantitative estimate of drug-likeness (QED) is 0.489. The molecular formula is C27H36N2O4. The lowest BCUT2D eigenvalue weighted by molar-refractivity contribution is -0.137. The van der Waals surface area contributed by atoms with Crippen molar-refractivity contribution in [1.29, 1.82) is 0 Å². The molecule has 0 radical (unpaired) electrons. The van der Waals surface area contributed by atoms with Crippen LogP contribution in [-0.4, -0.2) is 41.8 Å². The van der Waals surface area contributed by atoms with E-state index in [1.54, 1.807) is 0 Å². The van der Waals surface area contributed by atoms with Crippen LogP contribution in [0, 0.1) is 0 Å². The van der Waals surface area contributed by atoms with Crippen molar-refractivity contribution in [2.75, 3.05) is 18.0 Å². The number of nitrogens with zero attached hydrogens (tertiary/aromatic N) is 1. The fraction of sp³-hybridized carbons (Fsp3) is 0.481. The number of carboxylic acids is 1. The Balaban J connectivity index is 0.000000968. The van der Waals surface area contributed by atoms with Gasteiger partial charge in [-0.1, -0.05) is 36.4 Å². The van der Waals surface area contributed by atoms with Crippen molar-refractivity contribution in [3.8, 4) is 0 Å². The lowest BCUT2D eigenvalue weighted by Crippen LogP contribution is -2.29. The third-order valence-corrected chi connectivity index (χ3v) is 6.84. The molecule has 0 bridgehead atoms. The molecule has 4 rings (SSSR count). The molecule has 178 valence electrons. The summed E-state index contributed by atoms with van der Waals surface area (Å²) in [4.78, 5) is 21.6. The summed E-state index contributed by atoms with van der Waals surface area (Å²) in [6.45, 7) is 4.41. The van der Waals surface area contributed by atoms with Crippen LogP contribution in [0.1, 0.15) is 74.1 Å². The minimum atomic E-state index is -0.733. The molecule has 1 aliphatic carbocycles. The maximum absolute atomic E-state index is 10.8. The Morgan fingerprint density at radius 3 is 2.52 bits per heavy atom. The maximum atomic E-state index is 10.8. The molecule has 6 heteroatoms. The maximum Gasteiger partial charge on any atom is 0.303 e. The Morgan fingerprint density at radius 1 is 1.15 bits per heavy atom. The van der Waals surface area contributed by atoms with Gasteiger partial charge in [0.05, 0.1) is 0 Å². The summed E-state index contributed by atoms with van der Waals surface area (Å²) >= 11 is 0. The number of carboxylic acid groups (broad SMARTS) is 2. The van der Waals surface area contributed by atoms with E-state index in [-0.39, 0.29) is 12.9 Å². The standard InChI is InChI=1S/C26H34N2O2.CH2O2/c1-19(22-5-4-6-25(18-22)28-15-2-3-16-28)27-24-13-12-23(17-24)21-10-7-20(8-11-21)9-14-26(29)30;2-1-3/h4-8,10-11,18-19,23-24,27H,2-3,9,12-17H2,1H3,(H,29,30);1H,(H,2,3)/t19?,23-,24?;/m0./s1. The largest absolute Gasteiger partial charge is 0.483 e. The van der Waals surface area contributed by atoms with Crippen molar-refractivity contribution in [3.63, 3.8) is 0 Å². The number of hydrogen-bond donors (Lipinski definition) is 3. The average molecular weight is 453 g/mol. The van der Waals surface area contributed by atoms with Crippen molar-refractivity contribution in [3.05, 3.63) is 65.2 Å². The molecule has 2 aromatic rings. The zero-order valence-electron chi connectivity index (χ0n) is 19.5. The fourth-order valence-electron chi connectivity index (χ4n) is 5.06. The summed E-state index contributed by atoms with van der Waals surface area (Å²) in [6, 6.07) is 18.6. The Bertz CT molecular complexity index is 893. The van der Waals surface area contributed by atoms with E-state index in [0.717, 1.165) is 5.56 Å². The molecule has 0 spiro atoms. The van der Waals surface area contributed by atoms with Gasteiger partial charge in [-0.2, -0.15) is 0 Å². The summed E-state index contributed by atoms with van der Waals surface area (Å²) in [5.41, 5.74) is 5.25. The first-order valence-corrected chi connectivity index (χ1v) is 12.0. The van der Waals surface area contributed by atoms with Gasteiger partial charge in [-0.05, 0) is 80.2 Å². The number of rotatable bonds is 8. The van der Waals surface area contributed by atoms with Crippen LogP contribution in [0.15, 0.2) is 48.5 Å². The summed E-state index contributed by atoms with van der Waals surface area (Å²) < 4.78 is 0. The predicted octanol–water partition coefficient (Wildman–Crippen LogP) is 4.99. The van der Waals surface area contributed by atoms with Crippen LogP contribution in [0.5, 0.6) is 0 Å². The number of aryl methyl sites for hydroxylation is 1. The van der Waals surface area contributed by atoms with Gasteiger partial charge in [0, 0.05) is 37.3 Å². The van der Waals surface area contributed by atoms with Crippen LogP contribution in [-0.2, 0) is 16.0 Å². The third-order valence-electron chi connectivity index (χ3n) is 6.84. The van der Waals surface area contributed by atoms with E-state index in [4.69, 9.17) is 15.0 Å². The number of aliphatic carboxylic acids is 1. The van der Waals surface area contributed by atoms with Crippen LogP contribution in [0.25, 0.3) is 0 Å². The second-order valence-electron chi connectivity index (χ2n) is 9.13. The van der Waals surface area contributed by atoms with Crippen molar-refractivity contribution in [1.82, 2.24) is 5.32 Å². The first-order valence-electron chi connectivity index (χ1n) is 12.0. The second-order valence-corrected chi connectivity index (χ2v) is 9.13. The first-order chi connectivity index (χ1) is 16.0. The lowest BCUT2D eigenvalue weighted by atomic mass is 9.95. The molecule has 33 heavy (non-hydrogen) atoms. The lowest BCUT2D eigenvalue weighted by Gasteiger charge is -2.23. The van der Waals surface area contributed by atoms with Gasteiger partial charge in [0.1, 0.15) is 0 Å². The van der Waals surface area contributed by atoms with Crippen LogP contribution in [0.4, 0.5) is 5.69 Å². The first kappa shape index (κ1) is 24.8. The molecular weight excluding hydrogens is 416 g/mol. The van der Waals surface area contributed by atoms with E-state index in [9.17, 15) is 4.79 Å². The monoisotopic (exact) mass is 452 g/mol. The predicted molar refractivity (Wildman–Crippen MR) is 131 cm³/mol. The highest BCUT2D eigenvalue weighted by Crippen LogP contribution is 2.36. The zero-order valence-corrected chi connectivity index (χ0v) is 19.5. The van der Waals surface area contributed by atoms with E-state index in [1.807, 2.05) is 0 Å². The summed E-state index contributed by atoms with van der Waals surface area (Å²) in [5.74, 6) is -0.136. The van der Waals surface area contributed by atoms with Gasteiger partial charge in [-0.3, -0.25) is 9.59 Å². The van der Waals surface area contributed by atoms with E-state index in [2.05, 4.69) is 65.7 Å². The van der Waals surface area contributed by atoms with Crippen LogP contribution in [0.3, 0.4) is 0 Å². The number of hydrogen-bond acceptors (Lipinski definition) is 4. The van der Waals surface area contributed by atoms with Gasteiger partial charge in [-0.15, -0.1) is 0 Å². The van der Waals surface area contributed by atoms with Gasteiger partial charge in [0.15, 0.2) is 0 Å². The molecule has 3 N–H and O–H groups in total. The normalized spacial score (nSPS) is 20.7. The molecule has 1 aliphatic heterocycles. The minimum absolute atomic E-state index is 0.200. The van der Waals surface area contributed by atoms with Crippen molar-refractivity contribution in [2.45, 2.75) is 69.9 Å². The molecule has 2 aliphatic rings. The number of benzene rings is 2. The smallest absolute Gasteiger partial charge is 0.303 e. The van der Waals surface area contributed by atoms with Gasteiger partial charge in [0.2, 0.25) is 0 Å². The molecule has 1 heterocycles. The highest BCUT2D eigenvalue weighted by molar-refractivity contribution is 5.67. The average Bonchev–Trinajstić information content (AvgIpc) is 3.51. The number of nitrogens with one attached hydrogen (secondary N) is 1. The molecule has 2 unspecified atom stereocenters. The molecule has 3 atom stereocenters. The van der Waals surface area contributed by atoms with E-state index >= 15 is 0 Å². The SMILES string of the molecule is CC(NC1CC[C@H](c2ccc(CCC(=O)O)cc2)C1)c1cccc(N2CCCC2)c1.O=CO. The molecule has 1 saturated carbocycles. The highest BCUT2D eigenvalue weighted by Gasteiger charge is 2.27. The van der Waals surface area contributed by atoms with Crippen LogP contribution >= 0.6 is 0 Å². The Morgan fingerprint density at radius 2 is 1.85 bits per heavy atom. The van der Waals surface area contributed by atoms with E-state index in [0.29, 0.717) is 24.4 Å². The summed E-state index contributed by atoms with van der Waals surface area (Å²) in [7, 11) is 0. The van der Waals surface area contributed by atoms with Crippen molar-refractivity contribution >= 4 is 18.1 Å². The zero-order chi connectivity index (χ0) is 23.6. The van der Waals surface area contributed by atoms with Gasteiger partial charge in [0.25, 0.3) is 6.47 Å². The minimum Gasteiger partial charge on any atom is -0.483 e. The number of carbonyl (C=O) groups is 2. The van der Waals surface area contributed by atoms with Crippen molar-refractivity contribution in [2.24, 2.45) is 0 Å². The third kappa shape index (κ3) is 7.32. The Kier molecular flexibility index (Phi) is 9.31. The molecule has 0 amide bonds. The molecule has 0 aromatic heterocycles. The van der Waals surface area contributed by atoms with Gasteiger partial charge >= 0.3 is 5.97 Å². The summed E-state index contributed by atoms with van der Waals surface area (Å²) in [6.07, 6.45) is 7.02. The molecule has 1 saturated heterocycles. The molecule has 6 nitrogen and oxygen atoms in total.